The van der Waals surface area contributed by atoms with E-state index in [1.807, 2.05) is 0 Å². The first-order valence-corrected chi connectivity index (χ1v) is 19.3. The molecule has 4 heteroatoms. The summed E-state index contributed by atoms with van der Waals surface area (Å²) in [7, 11) is -3.84. The molecule has 0 aromatic rings. The van der Waals surface area contributed by atoms with Crippen LogP contribution in [0.25, 0.3) is 0 Å². The summed E-state index contributed by atoms with van der Waals surface area (Å²) < 4.78 is 7.05. The zero-order valence-electron chi connectivity index (χ0n) is 15.4. The highest BCUT2D eigenvalue weighted by Gasteiger charge is 2.63. The maximum Gasteiger partial charge on any atom is 0.177 e. The van der Waals surface area contributed by atoms with E-state index in [0.29, 0.717) is 0 Å². The molecular formula is C16H38OSi3. The highest BCUT2D eigenvalue weighted by atomic mass is 29.6. The zero-order chi connectivity index (χ0) is 15.7. The minimum atomic E-state index is -1.52. The van der Waals surface area contributed by atoms with Crippen molar-refractivity contribution in [1.29, 1.82) is 0 Å². The number of unbranched alkanes of at least 4 members (excludes halogenated alkanes) is 2. The summed E-state index contributed by atoms with van der Waals surface area (Å²) in [4.78, 5) is 0. The molecule has 0 spiro atoms. The van der Waals surface area contributed by atoms with Gasteiger partial charge in [0.05, 0.1) is 7.11 Å². The van der Waals surface area contributed by atoms with Gasteiger partial charge in [-0.25, -0.2) is 0 Å². The van der Waals surface area contributed by atoms with Crippen LogP contribution in [0.5, 0.6) is 0 Å². The van der Waals surface area contributed by atoms with Gasteiger partial charge in [-0.1, -0.05) is 65.7 Å². The quantitative estimate of drug-likeness (QED) is 0.550. The van der Waals surface area contributed by atoms with Crippen molar-refractivity contribution in [2.75, 3.05) is 0 Å². The van der Waals surface area contributed by atoms with Crippen LogP contribution >= 0.6 is 0 Å². The van der Waals surface area contributed by atoms with Crippen molar-refractivity contribution in [1.82, 2.24) is 0 Å². The number of rotatable bonds is 6. The van der Waals surface area contributed by atoms with Gasteiger partial charge in [-0.3, -0.25) is 0 Å². The summed E-state index contributed by atoms with van der Waals surface area (Å²) >= 11 is 0. The molecular weight excluding hydrogens is 292 g/mol. The minimum Gasteiger partial charge on any atom is -0.415 e. The lowest BCUT2D eigenvalue weighted by Crippen LogP contribution is -2.79. The van der Waals surface area contributed by atoms with Gasteiger partial charge in [0.25, 0.3) is 0 Å². The normalized spacial score (nSPS) is 26.4. The third-order valence-corrected chi connectivity index (χ3v) is 46.2. The van der Waals surface area contributed by atoms with E-state index in [9.17, 15) is 0 Å². The Kier molecular flexibility index (Phi) is 5.96. The molecule has 0 radical (unpaired) electrons. The zero-order valence-corrected chi connectivity index (χ0v) is 18.4. The standard InChI is InChI=1S/C16H38OSi3/c1-9-11-13-20(14-12-10-2)17-16(3,4)15-18(5,6)19(20,7)8/h9-15H2,1-8H3. The van der Waals surface area contributed by atoms with E-state index < -0.39 is 22.5 Å². The average molecular weight is 331 g/mol. The Bertz CT molecular complexity index is 316. The minimum absolute atomic E-state index is 0.159. The summed E-state index contributed by atoms with van der Waals surface area (Å²) in [6.45, 7) is 20.2. The molecule has 1 saturated heterocycles. The van der Waals surface area contributed by atoms with Crippen molar-refractivity contribution < 1.29 is 4.43 Å². The van der Waals surface area contributed by atoms with E-state index in [1.165, 1.54) is 43.8 Å². The maximum absolute atomic E-state index is 7.05. The molecule has 1 rings (SSSR count). The molecule has 0 aromatic carbocycles. The first-order valence-electron chi connectivity index (χ1n) is 8.74. The predicted octanol–water partition coefficient (Wildman–Crippen LogP) is 5.91. The van der Waals surface area contributed by atoms with Crippen molar-refractivity contribution in [2.45, 2.75) is 103 Å². The molecule has 1 nitrogen and oxygen atoms in total. The second-order valence-corrected chi connectivity index (χ2v) is 35.1. The Morgan fingerprint density at radius 1 is 0.900 bits per heavy atom. The molecule has 1 aliphatic heterocycles. The smallest absolute Gasteiger partial charge is 0.177 e. The highest BCUT2D eigenvalue weighted by molar-refractivity contribution is 7.68. The molecule has 0 aromatic heterocycles. The van der Waals surface area contributed by atoms with Gasteiger partial charge in [0.2, 0.25) is 0 Å². The SMILES string of the molecule is CCCC[Si]1(CCCC)OC(C)(C)C[Si](C)(C)[Si]1(C)C. The fourth-order valence-corrected chi connectivity index (χ4v) is 40.6. The molecule has 20 heavy (non-hydrogen) atoms. The van der Waals surface area contributed by atoms with Crippen LogP contribution < -0.4 is 0 Å². The molecule has 0 aliphatic carbocycles. The summed E-state index contributed by atoms with van der Waals surface area (Å²) in [5.41, 5.74) is 0.159. The van der Waals surface area contributed by atoms with Crippen LogP contribution in [0.15, 0.2) is 0 Å². The van der Waals surface area contributed by atoms with Crippen LogP contribution in [0.2, 0.25) is 44.3 Å². The number of hydrogen-bond acceptors (Lipinski definition) is 1. The van der Waals surface area contributed by atoms with Crippen molar-refractivity contribution in [3.05, 3.63) is 0 Å². The van der Waals surface area contributed by atoms with Crippen molar-refractivity contribution >= 4 is 22.5 Å². The average Bonchev–Trinajstić information content (AvgIpc) is 2.29. The Morgan fingerprint density at radius 2 is 1.35 bits per heavy atom. The molecule has 0 atom stereocenters. The largest absolute Gasteiger partial charge is 0.415 e. The topological polar surface area (TPSA) is 9.23 Å². The third-order valence-electron chi connectivity index (χ3n) is 6.04. The fourth-order valence-electron chi connectivity index (χ4n) is 4.37. The maximum atomic E-state index is 7.05. The van der Waals surface area contributed by atoms with Gasteiger partial charge in [0.15, 0.2) is 7.83 Å². The van der Waals surface area contributed by atoms with Gasteiger partial charge in [0.1, 0.15) is 0 Å². The molecule has 1 fully saturated rings. The molecule has 0 N–H and O–H groups in total. The van der Waals surface area contributed by atoms with Gasteiger partial charge >= 0.3 is 0 Å². The van der Waals surface area contributed by atoms with E-state index in [2.05, 4.69) is 53.9 Å². The second kappa shape index (κ2) is 6.39. The molecule has 0 saturated carbocycles. The van der Waals surface area contributed by atoms with Crippen LogP contribution in [-0.4, -0.2) is 28.1 Å². The summed E-state index contributed by atoms with van der Waals surface area (Å²) in [5, 5.41) is 0. The van der Waals surface area contributed by atoms with Crippen molar-refractivity contribution in [3.63, 3.8) is 0 Å². The first kappa shape index (κ1) is 18.7. The van der Waals surface area contributed by atoms with Gasteiger partial charge in [-0.15, -0.1) is 0 Å². The molecule has 0 amide bonds. The summed E-state index contributed by atoms with van der Waals surface area (Å²) in [6.07, 6.45) is 5.45. The van der Waals surface area contributed by atoms with Crippen LogP contribution in [0.1, 0.15) is 53.4 Å². The fraction of sp³-hybridized carbons (Fsp3) is 1.00. The van der Waals surface area contributed by atoms with Crippen LogP contribution in [0.3, 0.4) is 0 Å². The molecule has 0 unspecified atom stereocenters. The Morgan fingerprint density at radius 3 is 1.75 bits per heavy atom. The van der Waals surface area contributed by atoms with Gasteiger partial charge in [-0.05, 0) is 32.0 Å². The molecule has 1 heterocycles. The van der Waals surface area contributed by atoms with Crippen LogP contribution in [-0.2, 0) is 4.43 Å². The van der Waals surface area contributed by atoms with E-state index in [-0.39, 0.29) is 5.60 Å². The van der Waals surface area contributed by atoms with E-state index in [1.54, 1.807) is 0 Å². The lowest BCUT2D eigenvalue weighted by molar-refractivity contribution is 0.117. The van der Waals surface area contributed by atoms with Gasteiger partial charge in [0, 0.05) is 13.2 Å². The lowest BCUT2D eigenvalue weighted by Gasteiger charge is -2.60. The van der Waals surface area contributed by atoms with E-state index >= 15 is 0 Å². The Hall–Kier alpha value is 0.611. The monoisotopic (exact) mass is 330 g/mol. The molecule has 0 bridgehead atoms. The van der Waals surface area contributed by atoms with Crippen LogP contribution in [0, 0.1) is 0 Å². The van der Waals surface area contributed by atoms with E-state index in [4.69, 9.17) is 4.43 Å². The molecule has 120 valence electrons. The van der Waals surface area contributed by atoms with Crippen molar-refractivity contribution in [2.24, 2.45) is 0 Å². The summed E-state index contributed by atoms with van der Waals surface area (Å²) in [6, 6.07) is 4.28. The summed E-state index contributed by atoms with van der Waals surface area (Å²) in [5.74, 6) is 0. The van der Waals surface area contributed by atoms with Gasteiger partial charge < -0.3 is 4.43 Å². The van der Waals surface area contributed by atoms with Crippen LogP contribution in [0.4, 0.5) is 0 Å². The van der Waals surface area contributed by atoms with E-state index in [0.717, 1.165) is 0 Å². The second-order valence-electron chi connectivity index (χ2n) is 8.75. The molecule has 1 aliphatic rings. The Balaban J connectivity index is 3.19. The van der Waals surface area contributed by atoms with Crippen molar-refractivity contribution in [3.8, 4) is 0 Å². The first-order chi connectivity index (χ1) is 9.04. The Labute approximate surface area is 130 Å². The highest BCUT2D eigenvalue weighted by Crippen LogP contribution is 2.48. The third kappa shape index (κ3) is 3.50. The lowest BCUT2D eigenvalue weighted by atomic mass is 10.2. The van der Waals surface area contributed by atoms with Gasteiger partial charge in [-0.2, -0.15) is 0 Å². The number of hydrogen-bond donors (Lipinski definition) is 0. The predicted molar refractivity (Wildman–Crippen MR) is 100 cm³/mol.